The van der Waals surface area contributed by atoms with Gasteiger partial charge in [0, 0.05) is 36.1 Å². The SMILES string of the molecule is Cn1cnnc1-c1ccc(-c2c(C#N)cccc2-c2cccnc2)cc1. The van der Waals surface area contributed by atoms with E-state index in [9.17, 15) is 5.26 Å². The van der Waals surface area contributed by atoms with Crippen LogP contribution in [-0.4, -0.2) is 19.7 Å². The summed E-state index contributed by atoms with van der Waals surface area (Å²) >= 11 is 0. The highest BCUT2D eigenvalue weighted by molar-refractivity contribution is 5.87. The van der Waals surface area contributed by atoms with Crippen LogP contribution < -0.4 is 0 Å². The van der Waals surface area contributed by atoms with E-state index >= 15 is 0 Å². The molecular formula is C21H15N5. The minimum Gasteiger partial charge on any atom is -0.317 e. The molecule has 0 radical (unpaired) electrons. The van der Waals surface area contributed by atoms with Crippen molar-refractivity contribution in [1.82, 2.24) is 19.7 Å². The van der Waals surface area contributed by atoms with Gasteiger partial charge in [-0.3, -0.25) is 4.98 Å². The topological polar surface area (TPSA) is 67.4 Å². The molecular weight excluding hydrogens is 322 g/mol. The van der Waals surface area contributed by atoms with Crippen molar-refractivity contribution in [2.45, 2.75) is 0 Å². The number of hydrogen-bond donors (Lipinski definition) is 0. The van der Waals surface area contributed by atoms with E-state index in [4.69, 9.17) is 0 Å². The second-order valence-electron chi connectivity index (χ2n) is 5.92. The monoisotopic (exact) mass is 337 g/mol. The summed E-state index contributed by atoms with van der Waals surface area (Å²) in [6.45, 7) is 0. The highest BCUT2D eigenvalue weighted by atomic mass is 15.2. The predicted molar refractivity (Wildman–Crippen MR) is 99.8 cm³/mol. The zero-order valence-electron chi connectivity index (χ0n) is 14.2. The number of nitrogens with zero attached hydrogens (tertiary/aromatic N) is 5. The van der Waals surface area contributed by atoms with Crippen molar-refractivity contribution in [3.63, 3.8) is 0 Å². The van der Waals surface area contributed by atoms with Crippen molar-refractivity contribution < 1.29 is 0 Å². The maximum absolute atomic E-state index is 9.61. The van der Waals surface area contributed by atoms with Crippen LogP contribution in [0, 0.1) is 11.3 Å². The molecule has 0 unspecified atom stereocenters. The molecule has 0 atom stereocenters. The molecule has 124 valence electrons. The first kappa shape index (κ1) is 15.7. The largest absolute Gasteiger partial charge is 0.317 e. The molecule has 2 heterocycles. The average molecular weight is 337 g/mol. The van der Waals surface area contributed by atoms with Gasteiger partial charge in [-0.15, -0.1) is 10.2 Å². The fourth-order valence-electron chi connectivity index (χ4n) is 3.05. The lowest BCUT2D eigenvalue weighted by molar-refractivity contribution is 0.920. The van der Waals surface area contributed by atoms with Gasteiger partial charge in [0.05, 0.1) is 11.6 Å². The Kier molecular flexibility index (Phi) is 4.00. The third-order valence-corrected chi connectivity index (χ3v) is 4.30. The number of hydrogen-bond acceptors (Lipinski definition) is 4. The van der Waals surface area contributed by atoms with Crippen molar-refractivity contribution in [3.8, 4) is 39.7 Å². The van der Waals surface area contributed by atoms with E-state index < -0.39 is 0 Å². The Morgan fingerprint density at radius 3 is 2.38 bits per heavy atom. The second kappa shape index (κ2) is 6.61. The number of nitriles is 1. The minimum atomic E-state index is 0.637. The molecule has 0 fully saturated rings. The Bertz CT molecular complexity index is 1090. The van der Waals surface area contributed by atoms with Crippen molar-refractivity contribution in [2.24, 2.45) is 7.05 Å². The highest BCUT2D eigenvalue weighted by Crippen LogP contribution is 2.35. The first-order valence-corrected chi connectivity index (χ1v) is 8.16. The number of benzene rings is 2. The summed E-state index contributed by atoms with van der Waals surface area (Å²) < 4.78 is 1.87. The molecule has 0 aliphatic carbocycles. The van der Waals surface area contributed by atoms with Gasteiger partial charge in [-0.05, 0) is 23.3 Å². The standard InChI is InChI=1S/C21H15N5/c1-26-14-24-25-21(26)16-9-7-15(8-10-16)20-17(12-22)4-2-6-19(20)18-5-3-11-23-13-18/h2-11,13-14H,1H3. The third-order valence-electron chi connectivity index (χ3n) is 4.30. The van der Waals surface area contributed by atoms with E-state index in [2.05, 4.69) is 21.3 Å². The molecule has 0 saturated heterocycles. The summed E-state index contributed by atoms with van der Waals surface area (Å²) in [6, 6.07) is 20.0. The van der Waals surface area contributed by atoms with Crippen molar-refractivity contribution in [2.75, 3.05) is 0 Å². The Morgan fingerprint density at radius 2 is 1.73 bits per heavy atom. The average Bonchev–Trinajstić information content (AvgIpc) is 3.14. The number of aryl methyl sites for hydroxylation is 1. The Balaban J connectivity index is 1.85. The number of rotatable bonds is 3. The molecule has 0 amide bonds. The van der Waals surface area contributed by atoms with Crippen LogP contribution in [0.1, 0.15) is 5.56 Å². The lowest BCUT2D eigenvalue weighted by atomic mass is 9.91. The molecule has 0 N–H and O–H groups in total. The van der Waals surface area contributed by atoms with Gasteiger partial charge in [-0.25, -0.2) is 0 Å². The maximum atomic E-state index is 9.61. The fraction of sp³-hybridized carbons (Fsp3) is 0.0476. The lowest BCUT2D eigenvalue weighted by Gasteiger charge is -2.12. The summed E-state index contributed by atoms with van der Waals surface area (Å²) in [4.78, 5) is 4.21. The van der Waals surface area contributed by atoms with Crippen molar-refractivity contribution >= 4 is 0 Å². The smallest absolute Gasteiger partial charge is 0.163 e. The van der Waals surface area contributed by atoms with E-state index in [1.165, 1.54) is 0 Å². The summed E-state index contributed by atoms with van der Waals surface area (Å²) in [6.07, 6.45) is 5.23. The number of pyridine rings is 1. The Hall–Kier alpha value is -3.78. The normalized spacial score (nSPS) is 10.5. The maximum Gasteiger partial charge on any atom is 0.163 e. The van der Waals surface area contributed by atoms with Crippen molar-refractivity contribution in [1.29, 1.82) is 5.26 Å². The van der Waals surface area contributed by atoms with E-state index in [0.29, 0.717) is 5.56 Å². The van der Waals surface area contributed by atoms with Gasteiger partial charge in [-0.2, -0.15) is 5.26 Å². The molecule has 2 aromatic heterocycles. The molecule has 0 spiro atoms. The van der Waals surface area contributed by atoms with Crippen LogP contribution in [0.3, 0.4) is 0 Å². The van der Waals surface area contributed by atoms with E-state index in [0.717, 1.165) is 33.6 Å². The van der Waals surface area contributed by atoms with Crippen LogP contribution in [-0.2, 0) is 7.05 Å². The first-order valence-electron chi connectivity index (χ1n) is 8.16. The van der Waals surface area contributed by atoms with Gasteiger partial charge in [0.15, 0.2) is 5.82 Å². The highest BCUT2D eigenvalue weighted by Gasteiger charge is 2.13. The van der Waals surface area contributed by atoms with Gasteiger partial charge in [0.25, 0.3) is 0 Å². The van der Waals surface area contributed by atoms with Crippen LogP contribution in [0.2, 0.25) is 0 Å². The molecule has 4 aromatic rings. The molecule has 2 aromatic carbocycles. The van der Waals surface area contributed by atoms with Crippen LogP contribution in [0.15, 0.2) is 73.3 Å². The third kappa shape index (κ3) is 2.74. The Morgan fingerprint density at radius 1 is 0.923 bits per heavy atom. The molecule has 5 heteroatoms. The molecule has 0 aliphatic rings. The van der Waals surface area contributed by atoms with Gasteiger partial charge < -0.3 is 4.57 Å². The summed E-state index contributed by atoms with van der Waals surface area (Å²) in [5, 5.41) is 17.7. The fourth-order valence-corrected chi connectivity index (χ4v) is 3.05. The molecule has 0 bridgehead atoms. The van der Waals surface area contributed by atoms with Gasteiger partial charge >= 0.3 is 0 Å². The number of aromatic nitrogens is 4. The van der Waals surface area contributed by atoms with Gasteiger partial charge in [0.2, 0.25) is 0 Å². The minimum absolute atomic E-state index is 0.637. The zero-order chi connectivity index (χ0) is 17.9. The lowest BCUT2D eigenvalue weighted by Crippen LogP contribution is -1.93. The zero-order valence-corrected chi connectivity index (χ0v) is 14.2. The molecule has 26 heavy (non-hydrogen) atoms. The van der Waals surface area contributed by atoms with Crippen LogP contribution in [0.5, 0.6) is 0 Å². The van der Waals surface area contributed by atoms with Gasteiger partial charge in [-0.1, -0.05) is 42.5 Å². The summed E-state index contributed by atoms with van der Waals surface area (Å²) in [5.74, 6) is 0.803. The summed E-state index contributed by atoms with van der Waals surface area (Å²) in [5.41, 5.74) is 5.48. The van der Waals surface area contributed by atoms with E-state index in [1.54, 1.807) is 12.5 Å². The molecule has 4 rings (SSSR count). The first-order chi connectivity index (χ1) is 12.8. The Labute approximate surface area is 151 Å². The van der Waals surface area contributed by atoms with E-state index in [-0.39, 0.29) is 0 Å². The predicted octanol–water partition coefficient (Wildman–Crippen LogP) is 4.08. The molecule has 5 nitrogen and oxygen atoms in total. The second-order valence-corrected chi connectivity index (χ2v) is 5.92. The quantitative estimate of drug-likeness (QED) is 0.565. The van der Waals surface area contributed by atoms with Crippen LogP contribution >= 0.6 is 0 Å². The molecule has 0 saturated carbocycles. The van der Waals surface area contributed by atoms with Crippen molar-refractivity contribution in [3.05, 3.63) is 78.9 Å². The van der Waals surface area contributed by atoms with E-state index in [1.807, 2.05) is 72.4 Å². The van der Waals surface area contributed by atoms with Crippen LogP contribution in [0.4, 0.5) is 0 Å². The summed E-state index contributed by atoms with van der Waals surface area (Å²) in [7, 11) is 1.91. The van der Waals surface area contributed by atoms with Crippen LogP contribution in [0.25, 0.3) is 33.6 Å². The molecule has 0 aliphatic heterocycles. The van der Waals surface area contributed by atoms with Gasteiger partial charge in [0.1, 0.15) is 6.33 Å².